The number of amides is 1. The highest BCUT2D eigenvalue weighted by Gasteiger charge is 2.57. The van der Waals surface area contributed by atoms with Crippen molar-refractivity contribution in [2.45, 2.75) is 205 Å². The number of hydrogen-bond donors (Lipinski definition) is 6. The summed E-state index contributed by atoms with van der Waals surface area (Å²) in [5.41, 5.74) is 3.05. The van der Waals surface area contributed by atoms with Crippen LogP contribution in [0.5, 0.6) is 0 Å². The maximum Gasteiger partial charge on any atom is 0.329 e. The number of esters is 1. The van der Waals surface area contributed by atoms with Gasteiger partial charge >= 0.3 is 5.97 Å². The van der Waals surface area contributed by atoms with E-state index in [1.807, 2.05) is 26.0 Å². The fraction of sp³-hybridized carbons (Fsp3) is 0.412. The summed E-state index contributed by atoms with van der Waals surface area (Å²) < 4.78 is 30.1. The van der Waals surface area contributed by atoms with E-state index in [4.69, 9.17) is 40.6 Å². The number of Topliss-reactive ketones (excluding diaryl/α,β-unsaturated/α-hetero) is 2. The average molecular weight is 1800 g/mol. The lowest BCUT2D eigenvalue weighted by Gasteiger charge is -2.47. The number of ether oxygens (including phenoxy) is 5. The first-order valence-corrected chi connectivity index (χ1v) is 39.3. The van der Waals surface area contributed by atoms with Crippen LogP contribution >= 0.6 is 0 Å². The van der Waals surface area contributed by atoms with Crippen LogP contribution in [0.4, 0.5) is 0 Å². The Morgan fingerprint density at radius 2 is 0.930 bits per heavy atom. The number of allylic oxidation sites excluding steroid dienone is 5. The summed E-state index contributed by atoms with van der Waals surface area (Å²) in [5, 5.41) is 75.5. The lowest BCUT2D eigenvalue weighted by Crippen LogP contribution is -2.64. The molecule has 0 radical (unpaired) electrons. The number of nitrogens with zero attached hydrogens (tertiary/aromatic N) is 1. The second-order valence-electron chi connectivity index (χ2n) is 27.3. The number of fused-ring (bicyclic) bond motifs is 3. The van der Waals surface area contributed by atoms with Crippen molar-refractivity contribution in [1.29, 1.82) is 0 Å². The SMILES string of the molecule is C#CC#CC#CC#CC#CC#CC#CC#CC#CC#CC#CC#CC#CC#CC#CC#CC#CC#CC#CC#CC#CC#CC#CC#CC#CC.CO[C@H]1C[C@@H](C)C/C(C)=C/[C@@H](C/C=C/CC2CCCCC2)C(=O)C[C@H](O)[C@@H](C)[C@@H](/C(C)=C/[C@@H]2CC[C@@H](O)[C@H](OC)C2)OC(=O)[C@@H]2CCCCN2C(=O)C(=O)[C@]2(O)O[C@H]1[C@@H](OC)C[C@H]2C.OOOOOONOOOOOO.[HH].[HH].[HH].[HH].[HH].[HH].[HH].[HH].[HH].[HH].[HH].[HH].[HH].[HH].[HH].[HH].[HH].[HH].[HH].[HH].[HH].[HH].[HH].[HH].[HH].[HH].[HH].[HH].[HH].[HH].[HH].[HH].[HH].[HH].[HH].[HH].[HH].[HH]. The number of hydrogen-bond acceptors (Lipinski definition) is 25. The van der Waals surface area contributed by atoms with Crippen molar-refractivity contribution < 1.29 is 173 Å². The van der Waals surface area contributed by atoms with Crippen LogP contribution in [0.2, 0.25) is 0 Å². The highest BCUT2D eigenvalue weighted by Crippen LogP contribution is 2.40. The summed E-state index contributed by atoms with van der Waals surface area (Å²) in [5.74, 6) is 115. The number of carbonyl (C=O) groups excluding carboxylic acids is 4. The molecule has 2 saturated heterocycles. The van der Waals surface area contributed by atoms with Gasteiger partial charge in [-0.1, -0.05) is 98.6 Å². The first kappa shape index (κ1) is 108. The van der Waals surface area contributed by atoms with E-state index in [1.54, 1.807) is 42.1 Å². The topological polar surface area (TPSA) is 323 Å². The second-order valence-corrected chi connectivity index (χ2v) is 27.3. The molecule has 2 saturated carbocycles. The van der Waals surface area contributed by atoms with Crippen LogP contribution in [0.25, 0.3) is 0 Å². The number of ketones is 2. The molecule has 0 aromatic carbocycles. The predicted molar refractivity (Wildman–Crippen MR) is 543 cm³/mol. The molecule has 2 aliphatic carbocycles. The van der Waals surface area contributed by atoms with Crippen LogP contribution in [0.15, 0.2) is 35.5 Å². The normalized spacial score (nSPS) is 22.5. The summed E-state index contributed by atoms with van der Waals surface area (Å²) in [4.78, 5) is 66.1. The van der Waals surface area contributed by atoms with Gasteiger partial charge in [0.15, 0.2) is 0 Å². The number of aliphatic hydroxyl groups is 3. The van der Waals surface area contributed by atoms with Gasteiger partial charge in [-0.25, -0.2) is 15.3 Å². The molecule has 0 aromatic heterocycles. The van der Waals surface area contributed by atoms with Crippen LogP contribution in [0.1, 0.15) is 205 Å². The molecule has 0 spiro atoms. The fourth-order valence-electron chi connectivity index (χ4n) is 12.8. The standard InChI is InChI=1S/C51H81NO12.C51H4.H3NO12.38H2/c1-31-24-32(2)26-44(61-7)47-45(62-8)28-34(4)51(59,64-47)48(56)49(57)52-23-15-14-20-39(52)50(58)63-46(33(3)27-37-21-22-40(53)43(29-37)60-6)35(5)41(54)30-42(55)38(25-31)19-13-12-18-36-16-10-9-11-17-36;1-3-5-7-9-11-13-15-17-19-21-23-25-27-29-31-33-35-37-39-41-43-45-47-49-51-50-48-46-44-42-40-38-36-34-32-30-28-26-24-22-20-18-16-14-12-10-8-6-4-2;2-6-10-12-8-4-1-5-9-13-11-7-3;;;;;;;;;;;;;;;;;;;;;;;;;;;;;;;;;;;;;;/h12-13,25,27,32,34-41,43-47,53-54,59H,9-11,14-24,26,28-30H2,1-8H3;1H,2H3;1-3H;38*1H/b13-12+,31-25+,33-27+;;;;;;;;;;;;;;;;;;;;;;;;;;;;;;;;;;;;;;;;/t32-,34+,35+,37-,38+,39-,40+,41-,43+,44-,45-,46+,47+,51+;;;;;;;;;;;;;;;;;;;;;;;;;;;;;;;;;;;;;;;;/m0......................................../s1. The minimum absolute atomic E-state index is 0. The largest absolute Gasteiger partial charge is 0.456 e. The Bertz CT molecular complexity index is 5790. The second kappa shape index (κ2) is 70.0. The molecule has 2 bridgehead atoms. The molecule has 6 N–H and O–H groups in total. The van der Waals surface area contributed by atoms with E-state index < -0.39 is 83.9 Å². The third-order valence-electron chi connectivity index (χ3n) is 18.6. The van der Waals surface area contributed by atoms with Crippen LogP contribution in [0.3, 0.4) is 0 Å². The van der Waals surface area contributed by atoms with Gasteiger partial charge in [-0.05, 0) is 255 Å². The maximum absolute atomic E-state index is 14.5. The molecule has 26 heteroatoms. The Balaban J connectivity index is -0.0000000451. The Hall–Kier alpha value is -14.3. The van der Waals surface area contributed by atoms with Gasteiger partial charge in [0, 0.05) is 296 Å². The molecular weight excluding hydrogens is 1640 g/mol. The van der Waals surface area contributed by atoms with Gasteiger partial charge in [-0.15, -0.1) is 6.42 Å². The monoisotopic (exact) mass is 1800 g/mol. The number of methoxy groups -OCH3 is 3. The van der Waals surface area contributed by atoms with Gasteiger partial charge in [0.2, 0.25) is 5.79 Å². The van der Waals surface area contributed by atoms with Crippen molar-refractivity contribution in [2.75, 3.05) is 27.9 Å². The fourth-order valence-corrected chi connectivity index (χ4v) is 12.8. The molecule has 0 unspecified atom stereocenters. The minimum Gasteiger partial charge on any atom is -0.456 e. The van der Waals surface area contributed by atoms with E-state index >= 15 is 0 Å². The van der Waals surface area contributed by atoms with E-state index in [1.165, 1.54) is 42.6 Å². The van der Waals surface area contributed by atoms with E-state index in [-0.39, 0.29) is 104 Å². The highest BCUT2D eigenvalue weighted by atomic mass is 17.9. The van der Waals surface area contributed by atoms with Crippen molar-refractivity contribution in [3.63, 3.8) is 0 Å². The number of aliphatic hydroxyl groups excluding tert-OH is 2. The molecule has 5 rings (SSSR count). The van der Waals surface area contributed by atoms with Crippen LogP contribution in [0, 0.1) is 332 Å². The van der Waals surface area contributed by atoms with Gasteiger partial charge < -0.3 is 43.9 Å². The van der Waals surface area contributed by atoms with Gasteiger partial charge in [-0.3, -0.25) is 14.4 Å². The van der Waals surface area contributed by atoms with E-state index in [0.717, 1.165) is 12.0 Å². The van der Waals surface area contributed by atoms with Crippen molar-refractivity contribution in [1.82, 2.24) is 10.5 Å². The molecule has 3 heterocycles. The first-order chi connectivity index (χ1) is 62.3. The third-order valence-corrected chi connectivity index (χ3v) is 18.6. The molecule has 128 heavy (non-hydrogen) atoms. The molecule has 3 aliphatic heterocycles. The lowest BCUT2D eigenvalue weighted by atomic mass is 9.81. The van der Waals surface area contributed by atoms with E-state index in [9.17, 15) is 34.5 Å². The molecule has 726 valence electrons. The van der Waals surface area contributed by atoms with Crippen molar-refractivity contribution in [2.24, 2.45) is 35.5 Å². The number of rotatable bonds is 19. The van der Waals surface area contributed by atoms with Gasteiger partial charge in [-0.2, -0.15) is 0 Å². The Morgan fingerprint density at radius 3 is 1.35 bits per heavy atom. The van der Waals surface area contributed by atoms with Crippen molar-refractivity contribution in [3.05, 3.63) is 35.5 Å². The van der Waals surface area contributed by atoms with E-state index in [0.29, 0.717) is 62.9 Å². The summed E-state index contributed by atoms with van der Waals surface area (Å²) in [6.45, 7) is 11.1. The van der Waals surface area contributed by atoms with Gasteiger partial charge in [0.1, 0.15) is 24.0 Å². The van der Waals surface area contributed by atoms with Crippen molar-refractivity contribution in [3.8, 4) is 297 Å². The smallest absolute Gasteiger partial charge is 0.329 e. The summed E-state index contributed by atoms with van der Waals surface area (Å²) in [6.07, 6.45) is 20.1. The van der Waals surface area contributed by atoms with Crippen LogP contribution < -0.4 is 5.64 Å². The number of cyclic esters (lactones) is 1. The zero-order valence-electron chi connectivity index (χ0n) is 71.6. The van der Waals surface area contributed by atoms with Gasteiger partial charge in [0.05, 0.1) is 30.5 Å². The Kier molecular flexibility index (Phi) is 59.0. The number of carbonyl (C=O) groups is 4. The number of terminal acetylenes is 1. The zero-order chi connectivity index (χ0) is 93.1. The molecule has 14 atom stereocenters. The maximum atomic E-state index is 14.5. The van der Waals surface area contributed by atoms with Crippen LogP contribution in [-0.2, 0) is 93.1 Å². The molecule has 5 aliphatic rings. The number of nitrogens with one attached hydrogen (secondary N) is 1. The minimum atomic E-state index is -2.51. The summed E-state index contributed by atoms with van der Waals surface area (Å²) in [7, 11) is 4.67. The van der Waals surface area contributed by atoms with E-state index in [2.05, 4.69) is 359 Å². The zero-order valence-corrected chi connectivity index (χ0v) is 71.6. The first-order valence-electron chi connectivity index (χ1n) is 39.3. The summed E-state index contributed by atoms with van der Waals surface area (Å²) >= 11 is 0. The van der Waals surface area contributed by atoms with Crippen LogP contribution in [-0.4, -0.2) is 137 Å². The quantitative estimate of drug-likeness (QED) is 0.0133. The summed E-state index contributed by atoms with van der Waals surface area (Å²) in [6, 6.07) is -1.14. The lowest BCUT2D eigenvalue weighted by molar-refractivity contribution is -0.792. The van der Waals surface area contributed by atoms with Crippen molar-refractivity contribution >= 4 is 23.4 Å². The third kappa shape index (κ3) is 47.5. The molecule has 1 amide bonds. The molecule has 0 aromatic rings. The average Bonchev–Trinajstić information content (AvgIpc) is 0.791. The van der Waals surface area contributed by atoms with Gasteiger partial charge in [0.25, 0.3) is 11.7 Å². The predicted octanol–water partition coefficient (Wildman–Crippen LogP) is 15.9. The molecular formula is C102H164N2O24. The number of piperidine rings is 1. The Labute approximate surface area is 806 Å². The molecule has 4 fully saturated rings. The highest BCUT2D eigenvalue weighted by molar-refractivity contribution is 6.39. The molecule has 26 nitrogen and oxygen atoms in total. The Morgan fingerprint density at radius 1 is 0.516 bits per heavy atom.